The molecule has 1 atom stereocenters. The van der Waals surface area contributed by atoms with E-state index < -0.39 is 5.82 Å². The van der Waals surface area contributed by atoms with Crippen molar-refractivity contribution in [1.82, 2.24) is 25.5 Å². The van der Waals surface area contributed by atoms with Crippen LogP contribution < -0.4 is 10.6 Å². The Morgan fingerprint density at radius 3 is 2.96 bits per heavy atom. The summed E-state index contributed by atoms with van der Waals surface area (Å²) >= 11 is 0. The van der Waals surface area contributed by atoms with Crippen LogP contribution in [-0.2, 0) is 4.79 Å². The summed E-state index contributed by atoms with van der Waals surface area (Å²) in [6.07, 6.45) is 3.85. The van der Waals surface area contributed by atoms with Gasteiger partial charge in [-0.15, -0.1) is 5.10 Å². The Labute approximate surface area is 132 Å². The number of benzene rings is 1. The van der Waals surface area contributed by atoms with Gasteiger partial charge in [-0.3, -0.25) is 4.79 Å². The van der Waals surface area contributed by atoms with Crippen LogP contribution in [0.4, 0.5) is 10.1 Å². The van der Waals surface area contributed by atoms with Crippen molar-refractivity contribution in [1.29, 1.82) is 0 Å². The molecule has 1 unspecified atom stereocenters. The molecule has 0 radical (unpaired) electrons. The minimum Gasteiger partial charge on any atom is -0.325 e. The van der Waals surface area contributed by atoms with Crippen molar-refractivity contribution < 1.29 is 9.18 Å². The third kappa shape index (κ3) is 2.81. The first-order valence-electron chi connectivity index (χ1n) is 7.85. The SMILES string of the molecule is O=C(Nc1ccc(F)c(-n2nnnc2C2CC2)c1)C1CCCN1. The first-order chi connectivity index (χ1) is 11.2. The van der Waals surface area contributed by atoms with Crippen molar-refractivity contribution in [3.05, 3.63) is 29.8 Å². The van der Waals surface area contributed by atoms with Gasteiger partial charge in [-0.25, -0.2) is 4.39 Å². The molecule has 23 heavy (non-hydrogen) atoms. The molecule has 2 aliphatic rings. The summed E-state index contributed by atoms with van der Waals surface area (Å²) in [5.41, 5.74) is 0.798. The predicted octanol–water partition coefficient (Wildman–Crippen LogP) is 1.37. The highest BCUT2D eigenvalue weighted by molar-refractivity contribution is 5.95. The molecule has 1 aliphatic carbocycles. The van der Waals surface area contributed by atoms with Gasteiger partial charge in [0.2, 0.25) is 5.91 Å². The van der Waals surface area contributed by atoms with Crippen molar-refractivity contribution in [3.8, 4) is 5.69 Å². The number of anilines is 1. The number of carbonyl (C=O) groups is 1. The Morgan fingerprint density at radius 2 is 2.22 bits per heavy atom. The van der Waals surface area contributed by atoms with E-state index in [0.717, 1.165) is 32.2 Å². The molecule has 0 spiro atoms. The lowest BCUT2D eigenvalue weighted by Crippen LogP contribution is -2.35. The average Bonchev–Trinajstić information content (AvgIpc) is 3.04. The molecule has 2 fully saturated rings. The van der Waals surface area contributed by atoms with Gasteiger partial charge in [-0.05, 0) is 60.9 Å². The van der Waals surface area contributed by atoms with Crippen LogP contribution in [0.15, 0.2) is 18.2 Å². The zero-order valence-electron chi connectivity index (χ0n) is 12.5. The molecule has 1 amide bonds. The van der Waals surface area contributed by atoms with Crippen LogP contribution in [0.25, 0.3) is 5.69 Å². The van der Waals surface area contributed by atoms with Crippen LogP contribution in [0.3, 0.4) is 0 Å². The second-order valence-corrected chi connectivity index (χ2v) is 6.03. The largest absolute Gasteiger partial charge is 0.325 e. The number of hydrogen-bond acceptors (Lipinski definition) is 5. The van der Waals surface area contributed by atoms with Crippen LogP contribution in [0.1, 0.15) is 37.4 Å². The minimum atomic E-state index is -0.420. The standard InChI is InChI=1S/C15H17FN6O/c16-11-6-5-10(18-15(23)12-2-1-7-17-12)8-13(11)22-14(9-3-4-9)19-20-21-22/h5-6,8-9,12,17H,1-4,7H2,(H,18,23). The summed E-state index contributed by atoms with van der Waals surface area (Å²) in [7, 11) is 0. The van der Waals surface area contributed by atoms with E-state index >= 15 is 0 Å². The molecule has 1 aromatic heterocycles. The Morgan fingerprint density at radius 1 is 1.35 bits per heavy atom. The van der Waals surface area contributed by atoms with Gasteiger partial charge in [0, 0.05) is 11.6 Å². The number of rotatable bonds is 4. The monoisotopic (exact) mass is 316 g/mol. The Hall–Kier alpha value is -2.35. The van der Waals surface area contributed by atoms with Gasteiger partial charge in [0.25, 0.3) is 0 Å². The van der Waals surface area contributed by atoms with Gasteiger partial charge in [0.1, 0.15) is 11.5 Å². The fourth-order valence-corrected chi connectivity index (χ4v) is 2.85. The number of aromatic nitrogens is 4. The molecule has 2 aromatic rings. The fourth-order valence-electron chi connectivity index (χ4n) is 2.85. The molecular weight excluding hydrogens is 299 g/mol. The number of nitrogens with one attached hydrogen (secondary N) is 2. The van der Waals surface area contributed by atoms with Crippen molar-refractivity contribution in [3.63, 3.8) is 0 Å². The lowest BCUT2D eigenvalue weighted by Gasteiger charge is -2.12. The molecule has 120 valence electrons. The average molecular weight is 316 g/mol. The van der Waals surface area contributed by atoms with Crippen molar-refractivity contribution in [2.24, 2.45) is 0 Å². The molecule has 1 aliphatic heterocycles. The van der Waals surface area contributed by atoms with E-state index in [2.05, 4.69) is 26.2 Å². The highest BCUT2D eigenvalue weighted by Gasteiger charge is 2.30. The zero-order chi connectivity index (χ0) is 15.8. The minimum absolute atomic E-state index is 0.0980. The van der Waals surface area contributed by atoms with Crippen LogP contribution in [0.5, 0.6) is 0 Å². The maximum absolute atomic E-state index is 14.2. The number of nitrogens with zero attached hydrogens (tertiary/aromatic N) is 4. The van der Waals surface area contributed by atoms with E-state index in [0.29, 0.717) is 17.4 Å². The molecule has 2 heterocycles. The van der Waals surface area contributed by atoms with Crippen LogP contribution >= 0.6 is 0 Å². The highest BCUT2D eigenvalue weighted by Crippen LogP contribution is 2.39. The quantitative estimate of drug-likeness (QED) is 0.890. The maximum atomic E-state index is 14.2. The Bertz CT molecular complexity index is 735. The van der Waals surface area contributed by atoms with E-state index in [4.69, 9.17) is 0 Å². The van der Waals surface area contributed by atoms with E-state index in [1.54, 1.807) is 12.1 Å². The van der Waals surface area contributed by atoms with E-state index in [1.807, 2.05) is 0 Å². The first kappa shape index (κ1) is 14.3. The van der Waals surface area contributed by atoms with E-state index in [-0.39, 0.29) is 17.6 Å². The van der Waals surface area contributed by atoms with Crippen LogP contribution in [-0.4, -0.2) is 38.7 Å². The van der Waals surface area contributed by atoms with Gasteiger partial charge in [0.15, 0.2) is 5.82 Å². The molecule has 2 N–H and O–H groups in total. The highest BCUT2D eigenvalue weighted by atomic mass is 19.1. The summed E-state index contributed by atoms with van der Waals surface area (Å²) < 4.78 is 15.6. The fraction of sp³-hybridized carbons (Fsp3) is 0.467. The Kier molecular flexibility index (Phi) is 3.53. The third-order valence-corrected chi connectivity index (χ3v) is 4.25. The molecular formula is C15H17FN6O. The van der Waals surface area contributed by atoms with Crippen molar-refractivity contribution in [2.45, 2.75) is 37.6 Å². The number of halogens is 1. The van der Waals surface area contributed by atoms with Crippen LogP contribution in [0, 0.1) is 5.82 Å². The summed E-state index contributed by atoms with van der Waals surface area (Å²) in [4.78, 5) is 12.2. The molecule has 1 aromatic carbocycles. The molecule has 8 heteroatoms. The number of tetrazole rings is 1. The predicted molar refractivity (Wildman–Crippen MR) is 80.7 cm³/mol. The van der Waals surface area contributed by atoms with Crippen molar-refractivity contribution in [2.75, 3.05) is 11.9 Å². The van der Waals surface area contributed by atoms with Gasteiger partial charge < -0.3 is 10.6 Å². The van der Waals surface area contributed by atoms with Crippen molar-refractivity contribution >= 4 is 11.6 Å². The summed E-state index contributed by atoms with van der Waals surface area (Å²) in [6, 6.07) is 4.27. The number of hydrogen-bond donors (Lipinski definition) is 2. The molecule has 7 nitrogen and oxygen atoms in total. The molecule has 1 saturated carbocycles. The second-order valence-electron chi connectivity index (χ2n) is 6.03. The normalized spacial score (nSPS) is 20.7. The molecule has 1 saturated heterocycles. The molecule has 4 rings (SSSR count). The number of amides is 1. The summed E-state index contributed by atoms with van der Waals surface area (Å²) in [5, 5.41) is 17.5. The zero-order valence-corrected chi connectivity index (χ0v) is 12.5. The smallest absolute Gasteiger partial charge is 0.241 e. The third-order valence-electron chi connectivity index (χ3n) is 4.25. The number of carbonyl (C=O) groups excluding carboxylic acids is 1. The van der Waals surface area contributed by atoms with Crippen LogP contribution in [0.2, 0.25) is 0 Å². The maximum Gasteiger partial charge on any atom is 0.241 e. The van der Waals surface area contributed by atoms with E-state index in [9.17, 15) is 9.18 Å². The summed E-state index contributed by atoms with van der Waals surface area (Å²) in [5.74, 6) is 0.450. The Balaban J connectivity index is 1.60. The molecule has 0 bridgehead atoms. The van der Waals surface area contributed by atoms with Gasteiger partial charge in [-0.1, -0.05) is 0 Å². The van der Waals surface area contributed by atoms with E-state index in [1.165, 1.54) is 10.7 Å². The lowest BCUT2D eigenvalue weighted by molar-refractivity contribution is -0.117. The van der Waals surface area contributed by atoms with Gasteiger partial charge in [0.05, 0.1) is 6.04 Å². The first-order valence-corrected chi connectivity index (χ1v) is 7.85. The van der Waals surface area contributed by atoms with Gasteiger partial charge in [-0.2, -0.15) is 4.68 Å². The summed E-state index contributed by atoms with van der Waals surface area (Å²) in [6.45, 7) is 0.849. The second kappa shape index (κ2) is 5.69. The van der Waals surface area contributed by atoms with Gasteiger partial charge >= 0.3 is 0 Å². The topological polar surface area (TPSA) is 84.7 Å². The lowest BCUT2D eigenvalue weighted by atomic mass is 10.2.